The fourth-order valence-electron chi connectivity index (χ4n) is 4.90. The van der Waals surface area contributed by atoms with E-state index >= 15 is 0 Å². The van der Waals surface area contributed by atoms with Gasteiger partial charge in [0.1, 0.15) is 0 Å². The average Bonchev–Trinajstić information content (AvgIpc) is 3.05. The van der Waals surface area contributed by atoms with Gasteiger partial charge in [0, 0.05) is 63.1 Å². The summed E-state index contributed by atoms with van der Waals surface area (Å²) in [6, 6.07) is 35.0. The number of hydrogen-bond donors (Lipinski definition) is 0. The van der Waals surface area contributed by atoms with E-state index in [0.717, 1.165) is 65.7 Å². The van der Waals surface area contributed by atoms with Crippen molar-refractivity contribution in [3.8, 4) is 56.2 Å². The van der Waals surface area contributed by atoms with Crippen LogP contribution in [0.15, 0.2) is 139 Å². The first kappa shape index (κ1) is 24.9. The Balaban J connectivity index is 1.38. The summed E-state index contributed by atoms with van der Waals surface area (Å²) >= 11 is 3.72. The van der Waals surface area contributed by atoms with Crippen LogP contribution in [-0.2, 0) is 0 Å². The second-order valence-electron chi connectivity index (χ2n) is 9.66. The van der Waals surface area contributed by atoms with Crippen molar-refractivity contribution in [2.45, 2.75) is 0 Å². The third-order valence-electron chi connectivity index (χ3n) is 6.97. The Morgan fingerprint density at radius 2 is 1.17 bits per heavy atom. The molecule has 3 aromatic carbocycles. The van der Waals surface area contributed by atoms with E-state index in [4.69, 9.17) is 9.97 Å². The number of fused-ring (bicyclic) bond motifs is 1. The van der Waals surface area contributed by atoms with Crippen LogP contribution in [0.4, 0.5) is 0 Å². The molecule has 194 valence electrons. The topological polar surface area (TPSA) is 64.5 Å². The molecule has 4 heterocycles. The van der Waals surface area contributed by atoms with Crippen LogP contribution >= 0.6 is 15.9 Å². The summed E-state index contributed by atoms with van der Waals surface area (Å²) in [5.74, 6) is 0.657. The molecule has 0 aliphatic carbocycles. The lowest BCUT2D eigenvalue weighted by molar-refractivity contribution is 1.18. The van der Waals surface area contributed by atoms with Crippen LogP contribution in [0.5, 0.6) is 0 Å². The standard InChI is InChI=1S/C35H22BrN5/c36-31-19-29(28-4-1-13-38-22-28)18-30(20-31)34-21-33(25-7-5-23(6-8-25)24-11-15-37-16-12-24)40-35(41-34)27-9-10-32-26(17-27)3-2-14-39-32/h1-22H. The summed E-state index contributed by atoms with van der Waals surface area (Å²) in [6.45, 7) is 0. The summed E-state index contributed by atoms with van der Waals surface area (Å²) in [5, 5.41) is 1.04. The zero-order valence-electron chi connectivity index (χ0n) is 21.8. The van der Waals surface area contributed by atoms with Crippen LogP contribution in [0.2, 0.25) is 0 Å². The van der Waals surface area contributed by atoms with Crippen LogP contribution in [0.1, 0.15) is 0 Å². The van der Waals surface area contributed by atoms with E-state index in [1.165, 1.54) is 0 Å². The molecule has 0 radical (unpaired) electrons. The van der Waals surface area contributed by atoms with Crippen molar-refractivity contribution in [1.29, 1.82) is 0 Å². The number of hydrogen-bond acceptors (Lipinski definition) is 5. The van der Waals surface area contributed by atoms with Gasteiger partial charge < -0.3 is 0 Å². The van der Waals surface area contributed by atoms with Crippen molar-refractivity contribution in [2.75, 3.05) is 0 Å². The van der Waals surface area contributed by atoms with E-state index in [2.05, 4.69) is 97.6 Å². The Kier molecular flexibility index (Phi) is 6.59. The van der Waals surface area contributed by atoms with Gasteiger partial charge in [-0.25, -0.2) is 9.97 Å². The summed E-state index contributed by atoms with van der Waals surface area (Å²) in [5.41, 5.74) is 9.90. The molecule has 7 aromatic rings. The Labute approximate surface area is 245 Å². The fourth-order valence-corrected chi connectivity index (χ4v) is 5.40. The molecule has 0 amide bonds. The highest BCUT2D eigenvalue weighted by molar-refractivity contribution is 9.10. The fraction of sp³-hybridized carbons (Fsp3) is 0. The van der Waals surface area contributed by atoms with Crippen LogP contribution in [0.25, 0.3) is 67.1 Å². The first-order valence-electron chi connectivity index (χ1n) is 13.2. The van der Waals surface area contributed by atoms with E-state index in [0.29, 0.717) is 5.82 Å². The van der Waals surface area contributed by atoms with Gasteiger partial charge in [-0.05, 0) is 83.4 Å². The Morgan fingerprint density at radius 1 is 0.463 bits per heavy atom. The molecule has 5 nitrogen and oxygen atoms in total. The number of aromatic nitrogens is 5. The molecule has 41 heavy (non-hydrogen) atoms. The van der Waals surface area contributed by atoms with E-state index in [9.17, 15) is 0 Å². The van der Waals surface area contributed by atoms with Gasteiger partial charge in [0.05, 0.1) is 16.9 Å². The quantitative estimate of drug-likeness (QED) is 0.200. The molecule has 0 fully saturated rings. The molecule has 0 unspecified atom stereocenters. The first-order chi connectivity index (χ1) is 20.2. The Hall–Kier alpha value is -5.07. The van der Waals surface area contributed by atoms with Gasteiger partial charge in [-0.1, -0.05) is 52.3 Å². The van der Waals surface area contributed by atoms with Crippen molar-refractivity contribution < 1.29 is 0 Å². The SMILES string of the molecule is Brc1cc(-c2cccnc2)cc(-c2cc(-c3ccc(-c4ccncc4)cc3)nc(-c3ccc4ncccc4c3)n2)c1. The zero-order valence-corrected chi connectivity index (χ0v) is 23.4. The van der Waals surface area contributed by atoms with Gasteiger partial charge in [0.15, 0.2) is 5.82 Å². The summed E-state index contributed by atoms with van der Waals surface area (Å²) in [4.78, 5) is 23.0. The lowest BCUT2D eigenvalue weighted by atomic mass is 10.0. The van der Waals surface area contributed by atoms with Gasteiger partial charge in [0.2, 0.25) is 0 Å². The molecule has 0 saturated carbocycles. The van der Waals surface area contributed by atoms with Crippen molar-refractivity contribution in [2.24, 2.45) is 0 Å². The number of benzene rings is 3. The zero-order chi connectivity index (χ0) is 27.6. The third-order valence-corrected chi connectivity index (χ3v) is 7.43. The lowest BCUT2D eigenvalue weighted by Gasteiger charge is -2.12. The predicted molar refractivity (Wildman–Crippen MR) is 168 cm³/mol. The third kappa shape index (κ3) is 5.25. The van der Waals surface area contributed by atoms with E-state index in [1.807, 2.05) is 55.0 Å². The van der Waals surface area contributed by atoms with Gasteiger partial charge in [-0.15, -0.1) is 0 Å². The largest absolute Gasteiger partial charge is 0.265 e. The molecule has 0 N–H and O–H groups in total. The highest BCUT2D eigenvalue weighted by Gasteiger charge is 2.13. The molecule has 0 atom stereocenters. The van der Waals surface area contributed by atoms with Crippen molar-refractivity contribution in [3.63, 3.8) is 0 Å². The van der Waals surface area contributed by atoms with Crippen molar-refractivity contribution in [1.82, 2.24) is 24.9 Å². The molecule has 0 aliphatic heterocycles. The molecule has 0 saturated heterocycles. The van der Waals surface area contributed by atoms with Gasteiger partial charge in [-0.3, -0.25) is 15.0 Å². The Morgan fingerprint density at radius 3 is 1.98 bits per heavy atom. The first-order valence-corrected chi connectivity index (χ1v) is 14.0. The Bertz CT molecular complexity index is 1990. The summed E-state index contributed by atoms with van der Waals surface area (Å²) in [6.07, 6.45) is 9.08. The van der Waals surface area contributed by atoms with Crippen LogP contribution in [-0.4, -0.2) is 24.9 Å². The highest BCUT2D eigenvalue weighted by Crippen LogP contribution is 2.33. The monoisotopic (exact) mass is 591 g/mol. The minimum Gasteiger partial charge on any atom is -0.265 e. The van der Waals surface area contributed by atoms with Gasteiger partial charge >= 0.3 is 0 Å². The number of pyridine rings is 3. The second-order valence-corrected chi connectivity index (χ2v) is 10.6. The normalized spacial score (nSPS) is 11.0. The molecule has 6 heteroatoms. The minimum atomic E-state index is 0.657. The minimum absolute atomic E-state index is 0.657. The van der Waals surface area contributed by atoms with Crippen LogP contribution in [0.3, 0.4) is 0 Å². The van der Waals surface area contributed by atoms with E-state index in [1.54, 1.807) is 12.4 Å². The van der Waals surface area contributed by atoms with Crippen LogP contribution < -0.4 is 0 Å². The maximum Gasteiger partial charge on any atom is 0.160 e. The number of halogens is 1. The van der Waals surface area contributed by atoms with Crippen molar-refractivity contribution in [3.05, 3.63) is 139 Å². The average molecular weight is 593 g/mol. The van der Waals surface area contributed by atoms with Gasteiger partial charge in [-0.2, -0.15) is 0 Å². The maximum atomic E-state index is 5.07. The van der Waals surface area contributed by atoms with Gasteiger partial charge in [0.25, 0.3) is 0 Å². The van der Waals surface area contributed by atoms with Crippen molar-refractivity contribution >= 4 is 26.8 Å². The maximum absolute atomic E-state index is 5.07. The molecule has 0 aliphatic rings. The second kappa shape index (κ2) is 10.8. The lowest BCUT2D eigenvalue weighted by Crippen LogP contribution is -1.96. The van der Waals surface area contributed by atoms with E-state index in [-0.39, 0.29) is 0 Å². The molecule has 7 rings (SSSR count). The molecular formula is C35H22BrN5. The number of rotatable bonds is 5. The summed E-state index contributed by atoms with van der Waals surface area (Å²) < 4.78 is 0.967. The molecule has 0 bridgehead atoms. The molecule has 0 spiro atoms. The van der Waals surface area contributed by atoms with E-state index < -0.39 is 0 Å². The van der Waals surface area contributed by atoms with Crippen LogP contribution in [0, 0.1) is 0 Å². The smallest absolute Gasteiger partial charge is 0.160 e. The molecule has 4 aromatic heterocycles. The molecular weight excluding hydrogens is 570 g/mol. The predicted octanol–water partition coefficient (Wildman–Crippen LogP) is 8.91. The number of nitrogens with zero attached hydrogens (tertiary/aromatic N) is 5. The summed E-state index contributed by atoms with van der Waals surface area (Å²) in [7, 11) is 0. The highest BCUT2D eigenvalue weighted by atomic mass is 79.9.